The summed E-state index contributed by atoms with van der Waals surface area (Å²) in [5.74, 6) is -0.514. The molecule has 0 aromatic carbocycles. The van der Waals surface area contributed by atoms with Gasteiger partial charge in [0.05, 0.1) is 13.2 Å². The Bertz CT molecular complexity index is 1040. The van der Waals surface area contributed by atoms with Gasteiger partial charge in [0.1, 0.15) is 12.7 Å². The highest BCUT2D eigenvalue weighted by Crippen LogP contribution is 2.42. The summed E-state index contributed by atoms with van der Waals surface area (Å²) < 4.78 is 27.0. The van der Waals surface area contributed by atoms with Crippen molar-refractivity contribution in [1.82, 2.24) is 5.32 Å². The van der Waals surface area contributed by atoms with E-state index in [0.29, 0.717) is 6.42 Å². The molecule has 0 radical (unpaired) electrons. The Morgan fingerprint density at radius 2 is 0.900 bits per heavy atom. The maximum absolute atomic E-state index is 12.1. The number of esters is 1. The van der Waals surface area contributed by atoms with E-state index in [2.05, 4.69) is 43.5 Å². The predicted molar refractivity (Wildman–Crippen MR) is 252 cm³/mol. The molecule has 0 saturated heterocycles. The second-order valence-corrected chi connectivity index (χ2v) is 18.6. The van der Waals surface area contributed by atoms with E-state index in [9.17, 15) is 24.2 Å². The predicted octanol–water partition coefficient (Wildman–Crippen LogP) is 14.7. The van der Waals surface area contributed by atoms with Crippen molar-refractivity contribution in [2.45, 2.75) is 258 Å². The summed E-state index contributed by atoms with van der Waals surface area (Å²) in [4.78, 5) is 34.0. The zero-order valence-electron chi connectivity index (χ0n) is 39.2. The van der Waals surface area contributed by atoms with Crippen LogP contribution in [0.25, 0.3) is 0 Å². The minimum atomic E-state index is -4.42. The Labute approximate surface area is 370 Å². The first-order valence-electron chi connectivity index (χ1n) is 25.3. The SMILES string of the molecule is CCCCC/C=C\C/C=C\CCCCCCCCCC(=O)NCCOP(=O)(O)OCC(O)COC(=O)CCCCCCCCCCCCCCCCCCCCCCCC. The molecule has 0 aromatic rings. The van der Waals surface area contributed by atoms with E-state index in [0.717, 1.165) is 51.4 Å². The van der Waals surface area contributed by atoms with Gasteiger partial charge in [-0.2, -0.15) is 0 Å². The van der Waals surface area contributed by atoms with Gasteiger partial charge in [0.15, 0.2) is 0 Å². The summed E-state index contributed by atoms with van der Waals surface area (Å²) in [5.41, 5.74) is 0. The summed E-state index contributed by atoms with van der Waals surface area (Å²) in [6, 6.07) is 0. The van der Waals surface area contributed by atoms with Gasteiger partial charge in [0.25, 0.3) is 0 Å². The normalized spacial score (nSPS) is 13.3. The van der Waals surface area contributed by atoms with Crippen molar-refractivity contribution in [3.63, 3.8) is 0 Å². The van der Waals surface area contributed by atoms with Gasteiger partial charge >= 0.3 is 13.8 Å². The van der Waals surface area contributed by atoms with E-state index in [1.807, 2.05) is 0 Å². The highest BCUT2D eigenvalue weighted by molar-refractivity contribution is 7.47. The maximum atomic E-state index is 12.1. The number of unbranched alkanes of at least 4 members (excludes halogenated alkanes) is 31. The Hall–Kier alpha value is -1.51. The van der Waals surface area contributed by atoms with Crippen LogP contribution in [0.5, 0.6) is 0 Å². The van der Waals surface area contributed by atoms with Gasteiger partial charge in [-0.05, 0) is 44.9 Å². The third-order valence-electron chi connectivity index (χ3n) is 11.1. The molecule has 0 aliphatic rings. The van der Waals surface area contributed by atoms with Gasteiger partial charge < -0.3 is 20.1 Å². The molecular weight excluding hydrogens is 774 g/mol. The first kappa shape index (κ1) is 58.5. The van der Waals surface area contributed by atoms with Gasteiger partial charge in [-0.3, -0.25) is 18.6 Å². The molecule has 2 unspecified atom stereocenters. The van der Waals surface area contributed by atoms with E-state index in [4.69, 9.17) is 13.8 Å². The molecule has 0 fully saturated rings. The standard InChI is InChI=1S/C50H96NO8P/c1-3-5-7-9-11-13-15-17-19-21-22-23-24-25-27-29-31-33-35-37-39-41-43-50(54)57-46-48(52)47-59-60(55,56)58-45-44-51-49(53)42-40-38-36-34-32-30-28-26-20-18-16-14-12-10-8-6-4-2/h12,14,18,20,48,52H,3-11,13,15-17,19,21-47H2,1-2H3,(H,51,53)(H,55,56)/b14-12-,20-18-. The highest BCUT2D eigenvalue weighted by atomic mass is 31.2. The number of hydrogen-bond donors (Lipinski definition) is 3. The van der Waals surface area contributed by atoms with Crippen molar-refractivity contribution in [2.75, 3.05) is 26.4 Å². The van der Waals surface area contributed by atoms with Crippen molar-refractivity contribution in [3.8, 4) is 0 Å². The number of phosphoric ester groups is 1. The molecule has 0 spiro atoms. The fourth-order valence-electron chi connectivity index (χ4n) is 7.30. The van der Waals surface area contributed by atoms with Crippen LogP contribution in [0.4, 0.5) is 0 Å². The number of amides is 1. The number of ether oxygens (including phenoxy) is 1. The van der Waals surface area contributed by atoms with Crippen LogP contribution in [0.3, 0.4) is 0 Å². The second kappa shape index (κ2) is 47.0. The molecule has 0 saturated carbocycles. The number of rotatable bonds is 48. The fraction of sp³-hybridized carbons (Fsp3) is 0.880. The number of hydrogen-bond acceptors (Lipinski definition) is 7. The van der Waals surface area contributed by atoms with E-state index in [1.54, 1.807) is 0 Å². The average molecular weight is 870 g/mol. The number of carbonyl (C=O) groups excluding carboxylic acids is 2. The molecule has 3 N–H and O–H groups in total. The lowest BCUT2D eigenvalue weighted by molar-refractivity contribution is -0.147. The van der Waals surface area contributed by atoms with E-state index in [1.165, 1.54) is 173 Å². The lowest BCUT2D eigenvalue weighted by Crippen LogP contribution is -2.27. The first-order valence-corrected chi connectivity index (χ1v) is 26.8. The van der Waals surface area contributed by atoms with Crippen LogP contribution in [0, 0.1) is 0 Å². The minimum absolute atomic E-state index is 0.0795. The summed E-state index contributed by atoms with van der Waals surface area (Å²) in [7, 11) is -4.42. The Balaban J connectivity index is 3.53. The Morgan fingerprint density at radius 3 is 1.37 bits per heavy atom. The van der Waals surface area contributed by atoms with Crippen molar-refractivity contribution < 1.29 is 37.9 Å². The highest BCUT2D eigenvalue weighted by Gasteiger charge is 2.23. The molecule has 1 amide bonds. The lowest BCUT2D eigenvalue weighted by atomic mass is 10.0. The van der Waals surface area contributed by atoms with Gasteiger partial charge in [-0.25, -0.2) is 4.57 Å². The number of nitrogens with one attached hydrogen (secondary N) is 1. The van der Waals surface area contributed by atoms with Crippen molar-refractivity contribution in [3.05, 3.63) is 24.3 Å². The van der Waals surface area contributed by atoms with Crippen LogP contribution in [-0.4, -0.2) is 54.3 Å². The third-order valence-corrected chi connectivity index (χ3v) is 12.1. The summed E-state index contributed by atoms with van der Waals surface area (Å²) in [6.45, 7) is 3.57. The quantitative estimate of drug-likeness (QED) is 0.0238. The summed E-state index contributed by atoms with van der Waals surface area (Å²) >= 11 is 0. The molecule has 0 rings (SSSR count). The Kier molecular flexibility index (Phi) is 45.8. The molecule has 2 atom stereocenters. The minimum Gasteiger partial charge on any atom is -0.463 e. The molecule has 0 aliphatic heterocycles. The molecule has 0 heterocycles. The number of aliphatic hydroxyl groups is 1. The van der Waals surface area contributed by atoms with Crippen LogP contribution >= 0.6 is 7.82 Å². The fourth-order valence-corrected chi connectivity index (χ4v) is 8.05. The second-order valence-electron chi connectivity index (χ2n) is 17.1. The molecular formula is C50H96NO8P. The van der Waals surface area contributed by atoms with Crippen molar-refractivity contribution in [2.24, 2.45) is 0 Å². The van der Waals surface area contributed by atoms with Crippen LogP contribution in [0.15, 0.2) is 24.3 Å². The molecule has 60 heavy (non-hydrogen) atoms. The third kappa shape index (κ3) is 47.5. The lowest BCUT2D eigenvalue weighted by Gasteiger charge is -2.15. The van der Waals surface area contributed by atoms with Crippen LogP contribution in [0.1, 0.15) is 251 Å². The number of aliphatic hydroxyl groups excluding tert-OH is 1. The molecule has 0 bridgehead atoms. The average Bonchev–Trinajstić information content (AvgIpc) is 3.23. The summed E-state index contributed by atoms with van der Waals surface area (Å²) in [5, 5.41) is 12.7. The zero-order chi connectivity index (χ0) is 43.9. The van der Waals surface area contributed by atoms with Gasteiger partial charge in [0, 0.05) is 19.4 Å². The largest absolute Gasteiger partial charge is 0.472 e. The van der Waals surface area contributed by atoms with Crippen LogP contribution in [0.2, 0.25) is 0 Å². The number of carbonyl (C=O) groups is 2. The molecule has 10 heteroatoms. The molecule has 0 aromatic heterocycles. The van der Waals surface area contributed by atoms with Gasteiger partial charge in [-0.1, -0.05) is 218 Å². The smallest absolute Gasteiger partial charge is 0.463 e. The number of phosphoric acid groups is 1. The van der Waals surface area contributed by atoms with Crippen LogP contribution < -0.4 is 5.32 Å². The van der Waals surface area contributed by atoms with E-state index >= 15 is 0 Å². The molecule has 354 valence electrons. The van der Waals surface area contributed by atoms with Crippen LogP contribution in [-0.2, 0) is 27.9 Å². The van der Waals surface area contributed by atoms with Crippen molar-refractivity contribution >= 4 is 19.7 Å². The van der Waals surface area contributed by atoms with Gasteiger partial charge in [0.2, 0.25) is 5.91 Å². The Morgan fingerprint density at radius 1 is 0.517 bits per heavy atom. The van der Waals surface area contributed by atoms with E-state index in [-0.39, 0.29) is 32.1 Å². The zero-order valence-corrected chi connectivity index (χ0v) is 40.1. The van der Waals surface area contributed by atoms with Gasteiger partial charge in [-0.15, -0.1) is 0 Å². The van der Waals surface area contributed by atoms with Crippen molar-refractivity contribution in [1.29, 1.82) is 0 Å². The molecule has 0 aliphatic carbocycles. The first-order chi connectivity index (χ1) is 29.3. The maximum Gasteiger partial charge on any atom is 0.472 e. The summed E-state index contributed by atoms with van der Waals surface area (Å²) in [6.07, 6.45) is 52.6. The molecule has 9 nitrogen and oxygen atoms in total. The van der Waals surface area contributed by atoms with E-state index < -0.39 is 26.5 Å². The number of allylic oxidation sites excluding steroid dienone is 4. The topological polar surface area (TPSA) is 131 Å². The monoisotopic (exact) mass is 870 g/mol.